The number of nitrogens with zero attached hydrogens (tertiary/aromatic N) is 5. The van der Waals surface area contributed by atoms with Crippen molar-refractivity contribution in [1.29, 1.82) is 0 Å². The highest BCUT2D eigenvalue weighted by Gasteiger charge is 2.30. The lowest BCUT2D eigenvalue weighted by molar-refractivity contribution is 0.00462. The second-order valence-corrected chi connectivity index (χ2v) is 9.56. The first-order chi connectivity index (χ1) is 17.0. The van der Waals surface area contributed by atoms with Crippen LogP contribution in [0.1, 0.15) is 73.3 Å². The van der Waals surface area contributed by atoms with Crippen LogP contribution >= 0.6 is 0 Å². The predicted molar refractivity (Wildman–Crippen MR) is 128 cm³/mol. The maximum Gasteiger partial charge on any atom is 0.135 e. The molecule has 180 valence electrons. The van der Waals surface area contributed by atoms with Crippen LogP contribution in [0.4, 0.5) is 8.78 Å². The molecule has 2 atom stereocenters. The number of rotatable bonds is 5. The Labute approximate surface area is 202 Å². The fourth-order valence-electron chi connectivity index (χ4n) is 4.97. The Balaban J connectivity index is 1.42. The van der Waals surface area contributed by atoms with Crippen LogP contribution in [0.5, 0.6) is 0 Å². The Morgan fingerprint density at radius 1 is 1.09 bits per heavy atom. The van der Waals surface area contributed by atoms with Gasteiger partial charge < -0.3 is 4.74 Å². The van der Waals surface area contributed by atoms with Gasteiger partial charge in [-0.05, 0) is 57.2 Å². The minimum atomic E-state index is -0.659. The maximum absolute atomic E-state index is 14.9. The molecular weight excluding hydrogens is 448 g/mol. The first-order valence-corrected chi connectivity index (χ1v) is 12.3. The van der Waals surface area contributed by atoms with E-state index in [0.717, 1.165) is 41.6 Å². The topological polar surface area (TPSA) is 65.7 Å². The molecule has 35 heavy (non-hydrogen) atoms. The van der Waals surface area contributed by atoms with Crippen LogP contribution in [0.2, 0.25) is 0 Å². The summed E-state index contributed by atoms with van der Waals surface area (Å²) < 4.78 is 36.7. The van der Waals surface area contributed by atoms with Crippen molar-refractivity contribution in [3.8, 4) is 11.3 Å². The third kappa shape index (κ3) is 4.20. The summed E-state index contributed by atoms with van der Waals surface area (Å²) in [5, 5.41) is 4.52. The van der Waals surface area contributed by atoms with E-state index in [1.54, 1.807) is 0 Å². The zero-order valence-electron chi connectivity index (χ0n) is 19.8. The van der Waals surface area contributed by atoms with Crippen molar-refractivity contribution >= 4 is 11.0 Å². The molecule has 1 saturated carbocycles. The van der Waals surface area contributed by atoms with Gasteiger partial charge in [0.15, 0.2) is 0 Å². The highest BCUT2D eigenvalue weighted by atomic mass is 19.1. The first kappa shape index (κ1) is 22.2. The van der Waals surface area contributed by atoms with Crippen molar-refractivity contribution in [2.24, 2.45) is 0 Å². The number of hydrogen-bond acceptors (Lipinski definition) is 5. The molecule has 6 nitrogen and oxygen atoms in total. The normalized spacial score (nSPS) is 20.5. The highest BCUT2D eigenvalue weighted by Crippen LogP contribution is 2.40. The van der Waals surface area contributed by atoms with E-state index < -0.39 is 11.6 Å². The van der Waals surface area contributed by atoms with Gasteiger partial charge in [0.1, 0.15) is 22.8 Å². The number of aryl methyl sites for hydroxylation is 2. The Bertz CT molecular complexity index is 1410. The van der Waals surface area contributed by atoms with Crippen LogP contribution in [0, 0.1) is 18.6 Å². The summed E-state index contributed by atoms with van der Waals surface area (Å²) in [6.45, 7) is 4.55. The molecule has 0 radical (unpaired) electrons. The standard InChI is InChI=1S/C27H27F2N5O/c1-3-22-15(2)31-24-12-23(33-26(27(24)32-22)20-7-4-18(28)11-21(20)29)16-8-9-35-25(10-16)17-13-30-34(14-17)19-5-6-19/h4,7,11-14,16,19,25H,3,5-6,8-10H2,1-2H3/t16-,25-/m1/s1. The molecule has 3 aromatic heterocycles. The number of halogens is 2. The number of benzene rings is 1. The van der Waals surface area contributed by atoms with E-state index in [1.165, 1.54) is 25.0 Å². The molecule has 2 fully saturated rings. The van der Waals surface area contributed by atoms with Gasteiger partial charge in [-0.25, -0.2) is 23.7 Å². The molecular formula is C27H27F2N5O. The third-order valence-corrected chi connectivity index (χ3v) is 7.08. The molecule has 1 aromatic carbocycles. The van der Waals surface area contributed by atoms with Crippen LogP contribution in [-0.2, 0) is 11.2 Å². The lowest BCUT2D eigenvalue weighted by Crippen LogP contribution is -2.19. The minimum Gasteiger partial charge on any atom is -0.373 e. The van der Waals surface area contributed by atoms with Gasteiger partial charge >= 0.3 is 0 Å². The number of fused-ring (bicyclic) bond motifs is 1. The smallest absolute Gasteiger partial charge is 0.135 e. The second-order valence-electron chi connectivity index (χ2n) is 9.56. The summed E-state index contributed by atoms with van der Waals surface area (Å²) in [7, 11) is 0. The lowest BCUT2D eigenvalue weighted by atomic mass is 9.89. The number of pyridine rings is 1. The average Bonchev–Trinajstić information content (AvgIpc) is 3.59. The largest absolute Gasteiger partial charge is 0.373 e. The van der Waals surface area contributed by atoms with E-state index in [9.17, 15) is 8.78 Å². The van der Waals surface area contributed by atoms with Gasteiger partial charge in [-0.3, -0.25) is 4.68 Å². The van der Waals surface area contributed by atoms with E-state index in [0.29, 0.717) is 35.8 Å². The summed E-state index contributed by atoms with van der Waals surface area (Å²) in [6, 6.07) is 6.07. The Hall–Kier alpha value is -3.26. The molecule has 0 bridgehead atoms. The summed E-state index contributed by atoms with van der Waals surface area (Å²) in [5.74, 6) is -1.17. The minimum absolute atomic E-state index is 0.0694. The summed E-state index contributed by atoms with van der Waals surface area (Å²) in [6.07, 6.45) is 8.55. The van der Waals surface area contributed by atoms with Crippen molar-refractivity contribution in [3.63, 3.8) is 0 Å². The summed E-state index contributed by atoms with van der Waals surface area (Å²) in [5.41, 5.74) is 5.45. The average molecular weight is 476 g/mol. The molecule has 0 spiro atoms. The maximum atomic E-state index is 14.9. The Morgan fingerprint density at radius 2 is 1.94 bits per heavy atom. The number of ether oxygens (including phenoxy) is 1. The second kappa shape index (κ2) is 8.75. The van der Waals surface area contributed by atoms with Crippen LogP contribution < -0.4 is 0 Å². The first-order valence-electron chi connectivity index (χ1n) is 12.3. The highest BCUT2D eigenvalue weighted by molar-refractivity contribution is 5.89. The zero-order chi connectivity index (χ0) is 24.1. The summed E-state index contributed by atoms with van der Waals surface area (Å²) in [4.78, 5) is 14.5. The molecule has 1 aliphatic carbocycles. The van der Waals surface area contributed by atoms with Crippen molar-refractivity contribution in [3.05, 3.63) is 70.9 Å². The van der Waals surface area contributed by atoms with Crippen LogP contribution in [-0.4, -0.2) is 31.3 Å². The van der Waals surface area contributed by atoms with Crippen molar-refractivity contribution in [2.45, 2.75) is 64.0 Å². The lowest BCUT2D eigenvalue weighted by Gasteiger charge is -2.29. The molecule has 4 heterocycles. The van der Waals surface area contributed by atoms with Gasteiger partial charge in [-0.15, -0.1) is 0 Å². The fraction of sp³-hybridized carbons (Fsp3) is 0.407. The van der Waals surface area contributed by atoms with E-state index in [2.05, 4.69) is 11.3 Å². The van der Waals surface area contributed by atoms with E-state index >= 15 is 0 Å². The van der Waals surface area contributed by atoms with Crippen molar-refractivity contribution < 1.29 is 13.5 Å². The molecule has 1 saturated heterocycles. The van der Waals surface area contributed by atoms with Gasteiger partial charge in [0.2, 0.25) is 0 Å². The van der Waals surface area contributed by atoms with E-state index in [1.807, 2.05) is 30.8 Å². The molecule has 0 N–H and O–H groups in total. The molecule has 0 amide bonds. The Kier molecular flexibility index (Phi) is 5.56. The quantitative estimate of drug-likeness (QED) is 0.354. The monoisotopic (exact) mass is 475 g/mol. The fourth-order valence-corrected chi connectivity index (χ4v) is 4.97. The van der Waals surface area contributed by atoms with Gasteiger partial charge in [-0.2, -0.15) is 5.10 Å². The number of aromatic nitrogens is 5. The van der Waals surface area contributed by atoms with Gasteiger partial charge in [-0.1, -0.05) is 6.92 Å². The Morgan fingerprint density at radius 3 is 2.71 bits per heavy atom. The predicted octanol–water partition coefficient (Wildman–Crippen LogP) is 6.01. The molecule has 4 aromatic rings. The van der Waals surface area contributed by atoms with E-state index in [4.69, 9.17) is 19.7 Å². The van der Waals surface area contributed by atoms with Gasteiger partial charge in [0, 0.05) is 41.6 Å². The van der Waals surface area contributed by atoms with E-state index in [-0.39, 0.29) is 17.6 Å². The summed E-state index contributed by atoms with van der Waals surface area (Å²) >= 11 is 0. The SMILES string of the molecule is CCc1nc2c(-c3ccc(F)cc3F)nc([C@@H]3CCO[C@@H](c4cnn(C5CC5)c4)C3)cc2nc1C. The van der Waals surface area contributed by atoms with Gasteiger partial charge in [0.25, 0.3) is 0 Å². The molecule has 0 unspecified atom stereocenters. The third-order valence-electron chi connectivity index (χ3n) is 7.08. The van der Waals surface area contributed by atoms with Crippen LogP contribution in [0.15, 0.2) is 36.7 Å². The van der Waals surface area contributed by atoms with Crippen molar-refractivity contribution in [1.82, 2.24) is 24.7 Å². The number of hydrogen-bond donors (Lipinski definition) is 0. The van der Waals surface area contributed by atoms with Crippen molar-refractivity contribution in [2.75, 3.05) is 6.61 Å². The zero-order valence-corrected chi connectivity index (χ0v) is 19.8. The van der Waals surface area contributed by atoms with Crippen LogP contribution in [0.3, 0.4) is 0 Å². The molecule has 1 aliphatic heterocycles. The molecule has 8 heteroatoms. The molecule has 2 aliphatic rings. The van der Waals surface area contributed by atoms with Gasteiger partial charge in [0.05, 0.1) is 35.2 Å². The van der Waals surface area contributed by atoms with Crippen LogP contribution in [0.25, 0.3) is 22.3 Å². The molecule has 6 rings (SSSR count).